The highest BCUT2D eigenvalue weighted by Crippen LogP contribution is 2.38. The molecule has 0 aliphatic heterocycles. The van der Waals surface area contributed by atoms with Crippen LogP contribution in [0.15, 0.2) is 109 Å². The maximum absolute atomic E-state index is 13.0. The minimum Gasteiger partial charge on any atom is -0.756 e. The fourth-order valence-corrected chi connectivity index (χ4v) is 8.62. The monoisotopic (exact) mass is 1020 g/mol. The van der Waals surface area contributed by atoms with Crippen molar-refractivity contribution in [3.05, 3.63) is 109 Å². The van der Waals surface area contributed by atoms with Gasteiger partial charge in [-0.15, -0.1) is 0 Å². The van der Waals surface area contributed by atoms with Crippen molar-refractivity contribution >= 4 is 13.7 Å². The maximum atomic E-state index is 13.0. The Morgan fingerprint density at radius 2 is 0.861 bits per heavy atom. The van der Waals surface area contributed by atoms with Gasteiger partial charge in [-0.25, -0.2) is 0 Å². The number of carbonyl (C=O) groups is 1. The molecule has 0 radical (unpaired) electrons. The van der Waals surface area contributed by atoms with E-state index in [0.717, 1.165) is 89.9 Å². The van der Waals surface area contributed by atoms with E-state index >= 15 is 0 Å². The van der Waals surface area contributed by atoms with E-state index < -0.39 is 26.6 Å². The summed E-state index contributed by atoms with van der Waals surface area (Å²) < 4.78 is 23.3. The van der Waals surface area contributed by atoms with Gasteiger partial charge in [-0.1, -0.05) is 239 Å². The second kappa shape index (κ2) is 53.0. The molecule has 0 aliphatic carbocycles. The molecule has 0 fully saturated rings. The van der Waals surface area contributed by atoms with Crippen molar-refractivity contribution in [2.24, 2.45) is 0 Å². The SMILES string of the molecule is CC/C=C\C/C=C\C/C=C\C/C=C\C/C=C\C/C=C\CCCCCCCCCCCCC(=O)NC(COP(=O)([O-])OCC[N+](C)(C)C)C(O)/C=C/CC/C=C/CC/C=C/CCCCCCCCCCCCC. The second-order valence-electron chi connectivity index (χ2n) is 20.6. The summed E-state index contributed by atoms with van der Waals surface area (Å²) in [6.07, 6.45) is 77.4. The zero-order valence-electron chi connectivity index (χ0n) is 47.1. The zero-order chi connectivity index (χ0) is 52.7. The lowest BCUT2D eigenvalue weighted by atomic mass is 10.0. The number of phosphoric ester groups is 1. The molecule has 0 aromatic heterocycles. The van der Waals surface area contributed by atoms with Crippen LogP contribution >= 0.6 is 7.82 Å². The minimum atomic E-state index is -4.62. The standard InChI is InChI=1S/C63H111N2O6P/c1-6-8-10-12-14-16-18-20-22-24-26-28-29-30-31-32-33-34-35-37-39-41-43-45-47-49-51-53-55-57-63(67)64-61(60-71-72(68,69)70-59-58-65(3,4)5)62(66)56-54-52-50-48-46-44-42-40-38-36-27-25-23-21-19-17-15-13-11-9-7-2/h8,10,14,16,20,22,26,28,30-31,33-34,38,40,46,48,54,56,61-62,66H,6-7,9,11-13,15,17-19,21,23-25,27,29,32,35-37,39,41-45,47,49-53,55,57-60H2,1-5H3,(H-,64,67,68,69)/b10-8-,16-14-,22-20-,28-26-,31-30-,34-33-,40-38+,48-46+,56-54+. The Hall–Kier alpha value is -2.84. The Morgan fingerprint density at radius 3 is 1.29 bits per heavy atom. The summed E-state index contributed by atoms with van der Waals surface area (Å²) in [5.41, 5.74) is 0. The van der Waals surface area contributed by atoms with Crippen molar-refractivity contribution in [3.8, 4) is 0 Å². The number of amides is 1. The fourth-order valence-electron chi connectivity index (χ4n) is 7.89. The molecule has 72 heavy (non-hydrogen) atoms. The number of aliphatic hydroxyl groups is 1. The largest absolute Gasteiger partial charge is 0.756 e. The van der Waals surface area contributed by atoms with Gasteiger partial charge < -0.3 is 28.8 Å². The van der Waals surface area contributed by atoms with Crippen molar-refractivity contribution in [2.45, 2.75) is 244 Å². The normalized spacial score (nSPS) is 14.7. The highest BCUT2D eigenvalue weighted by Gasteiger charge is 2.23. The number of rotatable bonds is 52. The van der Waals surface area contributed by atoms with Gasteiger partial charge in [0.25, 0.3) is 7.82 Å². The van der Waals surface area contributed by atoms with E-state index in [-0.39, 0.29) is 12.5 Å². The number of aliphatic hydroxyl groups excluding tert-OH is 1. The van der Waals surface area contributed by atoms with Crippen LogP contribution in [-0.2, 0) is 18.4 Å². The topological polar surface area (TPSA) is 108 Å². The number of phosphoric acid groups is 1. The Kier molecular flexibility index (Phi) is 50.9. The average Bonchev–Trinajstić information content (AvgIpc) is 3.34. The minimum absolute atomic E-state index is 0.0151. The Bertz CT molecular complexity index is 1540. The molecule has 0 bridgehead atoms. The molecule has 0 spiro atoms. The third-order valence-electron chi connectivity index (χ3n) is 12.4. The maximum Gasteiger partial charge on any atom is 0.268 e. The summed E-state index contributed by atoms with van der Waals surface area (Å²) in [5, 5.41) is 13.9. The van der Waals surface area contributed by atoms with E-state index in [1.54, 1.807) is 6.08 Å². The van der Waals surface area contributed by atoms with E-state index in [2.05, 4.69) is 116 Å². The quantitative estimate of drug-likeness (QED) is 0.0272. The summed E-state index contributed by atoms with van der Waals surface area (Å²) in [5.74, 6) is -0.220. The van der Waals surface area contributed by atoms with Gasteiger partial charge in [0.05, 0.1) is 39.9 Å². The molecular formula is C63H111N2O6P. The average molecular weight is 1020 g/mol. The molecule has 0 heterocycles. The smallest absolute Gasteiger partial charge is 0.268 e. The van der Waals surface area contributed by atoms with Gasteiger partial charge in [0.1, 0.15) is 13.2 Å². The molecule has 8 nitrogen and oxygen atoms in total. The molecule has 0 saturated carbocycles. The number of hydrogen-bond donors (Lipinski definition) is 2. The van der Waals surface area contributed by atoms with E-state index in [9.17, 15) is 19.4 Å². The fraction of sp³-hybridized carbons (Fsp3) is 0.698. The predicted molar refractivity (Wildman–Crippen MR) is 311 cm³/mol. The lowest BCUT2D eigenvalue weighted by Gasteiger charge is -2.29. The lowest BCUT2D eigenvalue weighted by molar-refractivity contribution is -0.870. The van der Waals surface area contributed by atoms with Gasteiger partial charge in [0.2, 0.25) is 5.91 Å². The van der Waals surface area contributed by atoms with Crippen LogP contribution in [0.3, 0.4) is 0 Å². The zero-order valence-corrected chi connectivity index (χ0v) is 48.0. The number of quaternary nitrogens is 1. The summed E-state index contributed by atoms with van der Waals surface area (Å²) in [7, 11) is 1.22. The van der Waals surface area contributed by atoms with Crippen LogP contribution in [-0.4, -0.2) is 68.5 Å². The highest BCUT2D eigenvalue weighted by molar-refractivity contribution is 7.45. The number of carbonyl (C=O) groups excluding carboxylic acids is 1. The van der Waals surface area contributed by atoms with Gasteiger partial charge in [0, 0.05) is 6.42 Å². The predicted octanol–water partition coefficient (Wildman–Crippen LogP) is 17.3. The first-order valence-electron chi connectivity index (χ1n) is 29.2. The summed E-state index contributed by atoms with van der Waals surface area (Å²) in [4.78, 5) is 25.5. The molecule has 2 N–H and O–H groups in total. The summed E-state index contributed by atoms with van der Waals surface area (Å²) >= 11 is 0. The molecule has 0 rings (SSSR count). The molecule has 0 aliphatic rings. The molecule has 3 unspecified atom stereocenters. The second-order valence-corrected chi connectivity index (χ2v) is 22.0. The molecule has 414 valence electrons. The molecule has 3 atom stereocenters. The Balaban J connectivity index is 4.29. The number of likely N-dealkylation sites (N-methyl/N-ethyl adjacent to an activating group) is 1. The number of nitrogens with one attached hydrogen (secondary N) is 1. The molecule has 0 aromatic rings. The van der Waals surface area contributed by atoms with Crippen LogP contribution in [0.1, 0.15) is 232 Å². The Labute approximate surface area is 444 Å². The number of nitrogens with zero attached hydrogens (tertiary/aromatic N) is 1. The van der Waals surface area contributed by atoms with Crippen molar-refractivity contribution in [1.29, 1.82) is 0 Å². The highest BCUT2D eigenvalue weighted by atomic mass is 31.2. The lowest BCUT2D eigenvalue weighted by Crippen LogP contribution is -2.45. The van der Waals surface area contributed by atoms with Crippen LogP contribution in [0.25, 0.3) is 0 Å². The first-order valence-corrected chi connectivity index (χ1v) is 30.7. The molecule has 9 heteroatoms. The molecule has 0 saturated heterocycles. The third-order valence-corrected chi connectivity index (χ3v) is 13.4. The van der Waals surface area contributed by atoms with Gasteiger partial charge >= 0.3 is 0 Å². The van der Waals surface area contributed by atoms with Crippen LogP contribution < -0.4 is 10.2 Å². The van der Waals surface area contributed by atoms with E-state index in [4.69, 9.17) is 9.05 Å². The first-order chi connectivity index (χ1) is 35.0. The third kappa shape index (κ3) is 54.9. The van der Waals surface area contributed by atoms with E-state index in [1.807, 2.05) is 27.2 Å². The van der Waals surface area contributed by atoms with Gasteiger partial charge in [-0.2, -0.15) is 0 Å². The summed E-state index contributed by atoms with van der Waals surface area (Å²) in [6.45, 7) is 4.50. The molecule has 0 aromatic carbocycles. The van der Waals surface area contributed by atoms with E-state index in [1.165, 1.54) is 122 Å². The number of hydrogen-bond acceptors (Lipinski definition) is 6. The molecular weight excluding hydrogens is 912 g/mol. The van der Waals surface area contributed by atoms with Crippen LogP contribution in [0.4, 0.5) is 0 Å². The first kappa shape index (κ1) is 69.2. The molecule has 1 amide bonds. The number of unbranched alkanes of at least 4 members (excludes halogenated alkanes) is 23. The van der Waals surface area contributed by atoms with Crippen LogP contribution in [0.5, 0.6) is 0 Å². The van der Waals surface area contributed by atoms with Crippen molar-refractivity contribution in [3.63, 3.8) is 0 Å². The van der Waals surface area contributed by atoms with Crippen molar-refractivity contribution < 1.29 is 32.9 Å². The van der Waals surface area contributed by atoms with Gasteiger partial charge in [0.15, 0.2) is 0 Å². The summed E-state index contributed by atoms with van der Waals surface area (Å²) in [6, 6.07) is -0.920. The van der Waals surface area contributed by atoms with Gasteiger partial charge in [-0.3, -0.25) is 9.36 Å². The van der Waals surface area contributed by atoms with Crippen molar-refractivity contribution in [2.75, 3.05) is 40.9 Å². The van der Waals surface area contributed by atoms with Gasteiger partial charge in [-0.05, 0) is 96.3 Å². The van der Waals surface area contributed by atoms with Crippen LogP contribution in [0, 0.1) is 0 Å². The Morgan fingerprint density at radius 1 is 0.500 bits per heavy atom. The van der Waals surface area contributed by atoms with Crippen LogP contribution in [0.2, 0.25) is 0 Å². The number of allylic oxidation sites excluding steroid dienone is 17. The van der Waals surface area contributed by atoms with Crippen molar-refractivity contribution in [1.82, 2.24) is 5.32 Å². The van der Waals surface area contributed by atoms with E-state index in [0.29, 0.717) is 17.4 Å².